The van der Waals surface area contributed by atoms with Crippen molar-refractivity contribution in [1.82, 2.24) is 0 Å². The highest BCUT2D eigenvalue weighted by Gasteiger charge is 2.60. The Kier molecular flexibility index (Phi) is 10.7. The van der Waals surface area contributed by atoms with E-state index in [4.69, 9.17) is 13.6 Å². The molecule has 0 bridgehead atoms. The normalized spacial score (nSPS) is 35.3. The molecule has 0 saturated heterocycles. The minimum Gasteiger partial charge on any atom is -0.463 e. The van der Waals surface area contributed by atoms with Gasteiger partial charge in [-0.2, -0.15) is 0 Å². The summed E-state index contributed by atoms with van der Waals surface area (Å²) in [5.41, 5.74) is 1.14. The fraction of sp³-hybridized carbons (Fsp3) is 0.825. The van der Waals surface area contributed by atoms with E-state index in [1.807, 2.05) is 6.08 Å². The molecule has 3 fully saturated rings. The Morgan fingerprint density at radius 2 is 1.55 bits per heavy atom. The van der Waals surface area contributed by atoms with Crippen LogP contribution < -0.4 is 0 Å². The number of esters is 1. The number of rotatable bonds is 9. The van der Waals surface area contributed by atoms with E-state index in [9.17, 15) is 4.79 Å². The largest absolute Gasteiger partial charge is 0.463 e. The minimum atomic E-state index is -2.10. The molecule has 7 heteroatoms. The molecule has 0 amide bonds. The number of ether oxygens (including phenoxy) is 1. The van der Waals surface area contributed by atoms with Crippen LogP contribution in [0.2, 0.25) is 36.3 Å². The van der Waals surface area contributed by atoms with E-state index >= 15 is 4.39 Å². The zero-order valence-corrected chi connectivity index (χ0v) is 34.7. The van der Waals surface area contributed by atoms with Crippen LogP contribution in [0.25, 0.3) is 0 Å². The molecule has 0 spiro atoms. The summed E-state index contributed by atoms with van der Waals surface area (Å²) in [6.45, 7) is 34.1. The molecule has 4 rings (SSSR count). The van der Waals surface area contributed by atoms with Crippen LogP contribution in [0.15, 0.2) is 35.5 Å². The summed E-state index contributed by atoms with van der Waals surface area (Å²) in [6.07, 6.45) is 15.2. The standard InChI is InChI=1S/C40H69FO4Si2/c1-16-43-35(42)39(10,41)24-21-27(2)31-19-20-32-30-18-17-28-25-29(44-46(12,13)36(3,4)5)26-34(45-47(14,15)37(6,7)8)40(28,11)33(30)22-23-38(31,32)9/h17-18,21,24,27,29,31-34H,16,19-20,22-23,25-26H2,1-15H3/b24-21+/t27-,29-,31-,32+,33+,34+,38-,39-,40+/m1/s1. The van der Waals surface area contributed by atoms with Crippen LogP contribution in [0, 0.1) is 34.5 Å². The van der Waals surface area contributed by atoms with Crippen LogP contribution in [0.1, 0.15) is 115 Å². The van der Waals surface area contributed by atoms with Crippen molar-refractivity contribution in [3.8, 4) is 0 Å². The Morgan fingerprint density at radius 3 is 2.13 bits per heavy atom. The molecule has 268 valence electrons. The zero-order valence-electron chi connectivity index (χ0n) is 32.7. The summed E-state index contributed by atoms with van der Waals surface area (Å²) >= 11 is 0. The van der Waals surface area contributed by atoms with Gasteiger partial charge in [0.2, 0.25) is 5.67 Å². The van der Waals surface area contributed by atoms with E-state index in [2.05, 4.69) is 101 Å². The van der Waals surface area contributed by atoms with Crippen molar-refractivity contribution in [1.29, 1.82) is 0 Å². The van der Waals surface area contributed by atoms with E-state index in [-0.39, 0.29) is 45.6 Å². The van der Waals surface area contributed by atoms with Gasteiger partial charge in [0.25, 0.3) is 0 Å². The highest BCUT2D eigenvalue weighted by atomic mass is 28.4. The van der Waals surface area contributed by atoms with Gasteiger partial charge in [-0.25, -0.2) is 9.18 Å². The van der Waals surface area contributed by atoms with Gasteiger partial charge in [0.1, 0.15) is 0 Å². The average molecular weight is 689 g/mol. The topological polar surface area (TPSA) is 44.8 Å². The van der Waals surface area contributed by atoms with Gasteiger partial charge in [-0.05, 0) is 124 Å². The number of halogens is 1. The third-order valence-electron chi connectivity index (χ3n) is 14.2. The molecule has 3 saturated carbocycles. The van der Waals surface area contributed by atoms with Crippen LogP contribution in [-0.4, -0.2) is 47.1 Å². The van der Waals surface area contributed by atoms with Gasteiger partial charge in [-0.1, -0.05) is 91.7 Å². The SMILES string of the molecule is CCOC(=O)[C@](C)(F)/C=C/[C@@H](C)[C@H]1CC[C@H]2C3=CC=C4C[C@@H](O[Si](C)(C)C(C)(C)C)C[C@H](O[Si](C)(C)C(C)(C)C)[C@]4(C)[C@H]3CC[C@]12C. The van der Waals surface area contributed by atoms with E-state index < -0.39 is 28.3 Å². The molecule has 4 aliphatic carbocycles. The van der Waals surface area contributed by atoms with Crippen LogP contribution in [0.5, 0.6) is 0 Å². The summed E-state index contributed by atoms with van der Waals surface area (Å²) in [7, 11) is -4.01. The molecule has 0 aliphatic heterocycles. The lowest BCUT2D eigenvalue weighted by Crippen LogP contribution is -2.58. The lowest BCUT2D eigenvalue weighted by atomic mass is 9.49. The Hall–Kier alpha value is -1.03. The van der Waals surface area contributed by atoms with E-state index in [0.29, 0.717) is 17.8 Å². The highest BCUT2D eigenvalue weighted by Crippen LogP contribution is 2.67. The lowest BCUT2D eigenvalue weighted by molar-refractivity contribution is -0.152. The van der Waals surface area contributed by atoms with Crippen LogP contribution in [0.4, 0.5) is 4.39 Å². The fourth-order valence-electron chi connectivity index (χ4n) is 9.10. The van der Waals surface area contributed by atoms with Crippen molar-refractivity contribution >= 4 is 22.6 Å². The summed E-state index contributed by atoms with van der Waals surface area (Å²) < 4.78 is 34.8. The van der Waals surface area contributed by atoms with E-state index in [1.54, 1.807) is 12.5 Å². The van der Waals surface area contributed by atoms with Crippen molar-refractivity contribution in [3.63, 3.8) is 0 Å². The lowest BCUT2D eigenvalue weighted by Gasteiger charge is -2.59. The second-order valence-corrected chi connectivity index (χ2v) is 28.8. The monoisotopic (exact) mass is 688 g/mol. The van der Waals surface area contributed by atoms with Crippen molar-refractivity contribution < 1.29 is 22.8 Å². The molecule has 4 aliphatic rings. The van der Waals surface area contributed by atoms with Crippen molar-refractivity contribution in [2.75, 3.05) is 6.61 Å². The summed E-state index contributed by atoms with van der Waals surface area (Å²) in [5, 5.41) is 0.294. The zero-order chi connectivity index (χ0) is 35.6. The van der Waals surface area contributed by atoms with Crippen molar-refractivity contribution in [3.05, 3.63) is 35.5 Å². The minimum absolute atomic E-state index is 0.0481. The Labute approximate surface area is 290 Å². The van der Waals surface area contributed by atoms with Crippen LogP contribution in [-0.2, 0) is 18.4 Å². The van der Waals surface area contributed by atoms with E-state index in [0.717, 1.165) is 38.5 Å². The maximum absolute atomic E-state index is 15.2. The maximum atomic E-state index is 15.2. The van der Waals surface area contributed by atoms with Gasteiger partial charge in [0, 0.05) is 5.41 Å². The summed E-state index contributed by atoms with van der Waals surface area (Å²) in [6, 6.07) is 0. The van der Waals surface area contributed by atoms with E-state index in [1.165, 1.54) is 18.6 Å². The summed E-state index contributed by atoms with van der Waals surface area (Å²) in [5.74, 6) is 0.783. The number of allylic oxidation sites excluding steroid dienone is 4. The van der Waals surface area contributed by atoms with Gasteiger partial charge in [-0.15, -0.1) is 0 Å². The molecule has 0 aromatic carbocycles. The maximum Gasteiger partial charge on any atom is 0.347 e. The quantitative estimate of drug-likeness (QED) is 0.137. The van der Waals surface area contributed by atoms with Gasteiger partial charge in [0.05, 0.1) is 18.8 Å². The molecule has 0 radical (unpaired) electrons. The fourth-order valence-corrected chi connectivity index (χ4v) is 11.9. The Balaban J connectivity index is 1.67. The molecule has 0 unspecified atom stereocenters. The third-order valence-corrected chi connectivity index (χ3v) is 23.2. The number of hydrogen-bond donors (Lipinski definition) is 0. The summed E-state index contributed by atoms with van der Waals surface area (Å²) in [4.78, 5) is 12.2. The molecule has 47 heavy (non-hydrogen) atoms. The first kappa shape index (κ1) is 38.8. The Morgan fingerprint density at radius 1 is 0.957 bits per heavy atom. The number of carbonyl (C=O) groups is 1. The molecular formula is C40H69FO4Si2. The number of alkyl halides is 1. The molecule has 0 aromatic rings. The molecular weight excluding hydrogens is 620 g/mol. The van der Waals surface area contributed by atoms with Gasteiger partial charge in [-0.3, -0.25) is 0 Å². The smallest absolute Gasteiger partial charge is 0.347 e. The second kappa shape index (κ2) is 12.9. The predicted octanol–water partition coefficient (Wildman–Crippen LogP) is 11.4. The first-order valence-electron chi connectivity index (χ1n) is 18.6. The average Bonchev–Trinajstić information content (AvgIpc) is 3.28. The third kappa shape index (κ3) is 7.12. The molecule has 9 atom stereocenters. The first-order chi connectivity index (χ1) is 21.3. The first-order valence-corrected chi connectivity index (χ1v) is 24.5. The molecule has 0 N–H and O–H groups in total. The second-order valence-electron chi connectivity index (χ2n) is 19.3. The van der Waals surface area contributed by atoms with Gasteiger partial charge < -0.3 is 13.6 Å². The number of hydrogen-bond acceptors (Lipinski definition) is 4. The Bertz CT molecular complexity index is 1270. The molecule has 4 nitrogen and oxygen atoms in total. The van der Waals surface area contributed by atoms with Crippen molar-refractivity contribution in [2.24, 2.45) is 34.5 Å². The van der Waals surface area contributed by atoms with Crippen LogP contribution >= 0.6 is 0 Å². The predicted molar refractivity (Wildman–Crippen MR) is 199 cm³/mol. The number of carbonyl (C=O) groups excluding carboxylic acids is 1. The number of fused-ring (bicyclic) bond motifs is 5. The molecule has 0 aromatic heterocycles. The highest BCUT2D eigenvalue weighted by molar-refractivity contribution is 6.74. The molecule has 0 heterocycles. The van der Waals surface area contributed by atoms with Crippen LogP contribution in [0.3, 0.4) is 0 Å². The van der Waals surface area contributed by atoms with Gasteiger partial charge in [0.15, 0.2) is 16.6 Å². The van der Waals surface area contributed by atoms with Gasteiger partial charge >= 0.3 is 5.97 Å². The van der Waals surface area contributed by atoms with Crippen molar-refractivity contribution in [2.45, 2.75) is 169 Å².